The van der Waals surface area contributed by atoms with Gasteiger partial charge in [-0.1, -0.05) is 59.6 Å². The lowest BCUT2D eigenvalue weighted by atomic mass is 10.0. The van der Waals surface area contributed by atoms with Crippen LogP contribution in [0.1, 0.15) is 18.1 Å². The van der Waals surface area contributed by atoms with Crippen molar-refractivity contribution in [2.24, 2.45) is 0 Å². The van der Waals surface area contributed by atoms with E-state index in [1.807, 2.05) is 30.3 Å². The van der Waals surface area contributed by atoms with Crippen LogP contribution in [0, 0.1) is 5.82 Å². The van der Waals surface area contributed by atoms with E-state index in [0.717, 1.165) is 22.0 Å². The second-order valence-electron chi connectivity index (χ2n) is 9.98. The minimum absolute atomic E-state index is 0.0627. The molecule has 45 heavy (non-hydrogen) atoms. The highest BCUT2D eigenvalue weighted by atomic mass is 35.5. The largest absolute Gasteiger partial charge is 0.494 e. The molecule has 0 heterocycles. The zero-order valence-electron chi connectivity index (χ0n) is 24.6. The van der Waals surface area contributed by atoms with Gasteiger partial charge in [0.15, 0.2) is 0 Å². The number of nitrogens with zero attached hydrogens (tertiary/aromatic N) is 2. The quantitative estimate of drug-likeness (QED) is 0.185. The van der Waals surface area contributed by atoms with Gasteiger partial charge in [0.05, 0.1) is 27.2 Å². The Kier molecular flexibility index (Phi) is 11.4. The molecule has 0 fully saturated rings. The van der Waals surface area contributed by atoms with Crippen LogP contribution in [0.5, 0.6) is 5.75 Å². The number of ether oxygens (including phenoxy) is 1. The van der Waals surface area contributed by atoms with Crippen molar-refractivity contribution in [2.45, 2.75) is 30.8 Å². The van der Waals surface area contributed by atoms with E-state index in [0.29, 0.717) is 22.9 Å². The summed E-state index contributed by atoms with van der Waals surface area (Å²) in [5.41, 5.74) is 1.42. The van der Waals surface area contributed by atoms with E-state index in [1.165, 1.54) is 48.3 Å². The molecule has 236 valence electrons. The number of sulfonamides is 1. The molecule has 2 amide bonds. The van der Waals surface area contributed by atoms with Gasteiger partial charge in [-0.3, -0.25) is 13.9 Å². The average molecular weight is 673 g/mol. The molecule has 0 aliphatic heterocycles. The average Bonchev–Trinajstić information content (AvgIpc) is 3.04. The molecule has 0 saturated heterocycles. The first-order valence-electron chi connectivity index (χ1n) is 14.0. The number of rotatable bonds is 13. The summed E-state index contributed by atoms with van der Waals surface area (Å²) in [5.74, 6) is -1.23. The summed E-state index contributed by atoms with van der Waals surface area (Å²) in [4.78, 5) is 28.8. The summed E-state index contributed by atoms with van der Waals surface area (Å²) in [7, 11) is -2.89. The fourth-order valence-corrected chi connectivity index (χ4v) is 6.43. The molecule has 12 heteroatoms. The molecule has 4 aromatic rings. The standard InChI is InChI=1S/C33H32Cl2FN3O5S/c1-3-44-27-14-16-28(17-15-27)45(42,43)39(26-12-10-25(36)11-13-26)22-32(40)38(21-24-9-18-29(34)30(35)19-24)31(33(41)37-2)20-23-7-5-4-6-8-23/h4-19,31H,3,20-22H2,1-2H3,(H,37,41)/t31-/m1/s1. The van der Waals surface area contributed by atoms with Crippen LogP contribution in [0.4, 0.5) is 10.1 Å². The number of amides is 2. The van der Waals surface area contributed by atoms with Crippen molar-refractivity contribution in [1.82, 2.24) is 10.2 Å². The third-order valence-corrected chi connectivity index (χ3v) is 9.50. The smallest absolute Gasteiger partial charge is 0.264 e. The molecule has 4 aromatic carbocycles. The van der Waals surface area contributed by atoms with Gasteiger partial charge in [0, 0.05) is 20.0 Å². The van der Waals surface area contributed by atoms with Gasteiger partial charge in [-0.05, 0) is 78.7 Å². The maximum absolute atomic E-state index is 14.3. The van der Waals surface area contributed by atoms with Gasteiger partial charge >= 0.3 is 0 Å². The zero-order chi connectivity index (χ0) is 32.6. The summed E-state index contributed by atoms with van der Waals surface area (Å²) < 4.78 is 48.3. The fourth-order valence-electron chi connectivity index (χ4n) is 4.69. The summed E-state index contributed by atoms with van der Waals surface area (Å²) >= 11 is 12.4. The lowest BCUT2D eigenvalue weighted by Gasteiger charge is -2.33. The van der Waals surface area contributed by atoms with Gasteiger partial charge in [0.1, 0.15) is 24.2 Å². The molecular weight excluding hydrogens is 640 g/mol. The number of nitrogens with one attached hydrogen (secondary N) is 1. The Balaban J connectivity index is 1.78. The van der Waals surface area contributed by atoms with Crippen molar-refractivity contribution in [3.05, 3.63) is 124 Å². The zero-order valence-corrected chi connectivity index (χ0v) is 26.9. The molecule has 0 saturated carbocycles. The van der Waals surface area contributed by atoms with Crippen LogP contribution in [0.2, 0.25) is 10.0 Å². The number of hydrogen-bond acceptors (Lipinski definition) is 5. The maximum atomic E-state index is 14.3. The number of anilines is 1. The molecular formula is C33H32Cl2FN3O5S. The number of halogens is 3. The molecule has 0 aromatic heterocycles. The fraction of sp³-hybridized carbons (Fsp3) is 0.212. The Labute approximate surface area is 272 Å². The van der Waals surface area contributed by atoms with Crippen molar-refractivity contribution < 1.29 is 27.1 Å². The topological polar surface area (TPSA) is 96.0 Å². The monoisotopic (exact) mass is 671 g/mol. The highest BCUT2D eigenvalue weighted by Crippen LogP contribution is 2.28. The molecule has 0 aliphatic rings. The molecule has 1 atom stereocenters. The van der Waals surface area contributed by atoms with E-state index >= 15 is 0 Å². The summed E-state index contributed by atoms with van der Waals surface area (Å²) in [6.45, 7) is 1.43. The lowest BCUT2D eigenvalue weighted by molar-refractivity contribution is -0.139. The van der Waals surface area contributed by atoms with Crippen LogP contribution in [-0.4, -0.2) is 51.4 Å². The SMILES string of the molecule is CCOc1ccc(S(=O)(=O)N(CC(=O)N(Cc2ccc(Cl)c(Cl)c2)[C@H](Cc2ccccc2)C(=O)NC)c2ccc(F)cc2)cc1. The number of carbonyl (C=O) groups excluding carboxylic acids is 2. The van der Waals surface area contributed by atoms with Crippen molar-refractivity contribution in [3.63, 3.8) is 0 Å². The van der Waals surface area contributed by atoms with Gasteiger partial charge in [-0.15, -0.1) is 0 Å². The first-order valence-corrected chi connectivity index (χ1v) is 16.2. The molecule has 0 bridgehead atoms. The van der Waals surface area contributed by atoms with Gasteiger partial charge in [0.2, 0.25) is 11.8 Å². The summed E-state index contributed by atoms with van der Waals surface area (Å²) in [6.07, 6.45) is 0.149. The normalized spacial score (nSPS) is 11.8. The number of likely N-dealkylation sites (N-methyl/N-ethyl adjacent to an activating group) is 1. The van der Waals surface area contributed by atoms with Crippen LogP contribution in [0.25, 0.3) is 0 Å². The van der Waals surface area contributed by atoms with E-state index in [-0.39, 0.29) is 28.6 Å². The Morgan fingerprint density at radius 2 is 1.56 bits per heavy atom. The second-order valence-corrected chi connectivity index (χ2v) is 12.7. The first kappa shape index (κ1) is 33.8. The molecule has 8 nitrogen and oxygen atoms in total. The van der Waals surface area contributed by atoms with Crippen molar-refractivity contribution in [1.29, 1.82) is 0 Å². The number of hydrogen-bond donors (Lipinski definition) is 1. The van der Waals surface area contributed by atoms with E-state index in [2.05, 4.69) is 5.32 Å². The van der Waals surface area contributed by atoms with Crippen LogP contribution < -0.4 is 14.4 Å². The van der Waals surface area contributed by atoms with Gasteiger partial charge in [-0.25, -0.2) is 12.8 Å². The minimum Gasteiger partial charge on any atom is -0.494 e. The van der Waals surface area contributed by atoms with Gasteiger partial charge < -0.3 is 15.0 Å². The second kappa shape index (κ2) is 15.2. The molecule has 0 aliphatic carbocycles. The third-order valence-electron chi connectivity index (χ3n) is 6.97. The number of carbonyl (C=O) groups is 2. The Morgan fingerprint density at radius 3 is 2.16 bits per heavy atom. The summed E-state index contributed by atoms with van der Waals surface area (Å²) in [5, 5.41) is 3.20. The Morgan fingerprint density at radius 1 is 0.889 bits per heavy atom. The highest BCUT2D eigenvalue weighted by molar-refractivity contribution is 7.92. The minimum atomic E-state index is -4.35. The van der Waals surface area contributed by atoms with Crippen molar-refractivity contribution in [2.75, 3.05) is 24.5 Å². The molecule has 0 spiro atoms. The predicted octanol–water partition coefficient (Wildman–Crippen LogP) is 6.11. The van der Waals surface area contributed by atoms with Crippen LogP contribution >= 0.6 is 23.2 Å². The van der Waals surface area contributed by atoms with E-state index < -0.39 is 40.2 Å². The molecule has 4 rings (SSSR count). The van der Waals surface area contributed by atoms with Gasteiger partial charge in [-0.2, -0.15) is 0 Å². The Hall–Kier alpha value is -4.12. The van der Waals surface area contributed by atoms with Crippen molar-refractivity contribution >= 4 is 50.7 Å². The Bertz CT molecular complexity index is 1720. The molecule has 0 radical (unpaired) electrons. The van der Waals surface area contributed by atoms with E-state index in [9.17, 15) is 22.4 Å². The predicted molar refractivity (Wildman–Crippen MR) is 174 cm³/mol. The number of benzene rings is 4. The lowest BCUT2D eigenvalue weighted by Crippen LogP contribution is -2.53. The van der Waals surface area contributed by atoms with E-state index in [1.54, 1.807) is 25.1 Å². The summed E-state index contributed by atoms with van der Waals surface area (Å²) in [6, 6.07) is 23.5. The van der Waals surface area contributed by atoms with Crippen molar-refractivity contribution in [3.8, 4) is 5.75 Å². The van der Waals surface area contributed by atoms with Gasteiger partial charge in [0.25, 0.3) is 10.0 Å². The van der Waals surface area contributed by atoms with Crippen LogP contribution in [0.15, 0.2) is 102 Å². The van der Waals surface area contributed by atoms with Crippen LogP contribution in [0.3, 0.4) is 0 Å². The third kappa shape index (κ3) is 8.54. The maximum Gasteiger partial charge on any atom is 0.264 e. The molecule has 0 unspecified atom stereocenters. The first-order chi connectivity index (χ1) is 21.5. The van der Waals surface area contributed by atoms with Crippen LogP contribution in [-0.2, 0) is 32.6 Å². The van der Waals surface area contributed by atoms with E-state index in [4.69, 9.17) is 27.9 Å². The highest BCUT2D eigenvalue weighted by Gasteiger charge is 2.34. The molecule has 1 N–H and O–H groups in total.